The largest absolute Gasteiger partial charge is 0.507 e. The summed E-state index contributed by atoms with van der Waals surface area (Å²) in [4.78, 5) is 27.5. The van der Waals surface area contributed by atoms with Gasteiger partial charge in [0.05, 0.1) is 24.8 Å². The number of aliphatic hydroxyl groups is 1. The van der Waals surface area contributed by atoms with Crippen LogP contribution in [0.1, 0.15) is 43.9 Å². The maximum Gasteiger partial charge on any atom is 0.295 e. The molecule has 0 spiro atoms. The molecule has 7 nitrogen and oxygen atoms in total. The number of hydrogen-bond acceptors (Lipinski definition) is 6. The third kappa shape index (κ3) is 5.37. The van der Waals surface area contributed by atoms with Gasteiger partial charge in [0.2, 0.25) is 0 Å². The summed E-state index contributed by atoms with van der Waals surface area (Å²) < 4.78 is 16.7. The first-order valence-corrected chi connectivity index (χ1v) is 11.3. The lowest BCUT2D eigenvalue weighted by Crippen LogP contribution is -2.31. The monoisotopic (exact) mass is 453 g/mol. The zero-order chi connectivity index (χ0) is 23.8. The molecular weight excluding hydrogens is 422 g/mol. The Morgan fingerprint density at radius 2 is 1.76 bits per heavy atom. The van der Waals surface area contributed by atoms with Crippen molar-refractivity contribution in [2.45, 2.75) is 32.7 Å². The number of ether oxygens (including phenoxy) is 3. The second kappa shape index (κ2) is 11.5. The second-order valence-corrected chi connectivity index (χ2v) is 7.69. The van der Waals surface area contributed by atoms with Gasteiger partial charge in [-0.25, -0.2) is 0 Å². The maximum atomic E-state index is 13.1. The molecule has 1 fully saturated rings. The van der Waals surface area contributed by atoms with Gasteiger partial charge in [-0.15, -0.1) is 0 Å². The van der Waals surface area contributed by atoms with Crippen LogP contribution in [0.4, 0.5) is 0 Å². The molecule has 1 unspecified atom stereocenters. The molecule has 1 aliphatic rings. The van der Waals surface area contributed by atoms with Gasteiger partial charge in [0, 0.05) is 25.8 Å². The van der Waals surface area contributed by atoms with Crippen LogP contribution in [0.25, 0.3) is 5.76 Å². The van der Waals surface area contributed by atoms with Crippen LogP contribution in [0, 0.1) is 0 Å². The molecular formula is C26H31NO6. The van der Waals surface area contributed by atoms with Gasteiger partial charge in [0.25, 0.3) is 11.7 Å². The molecule has 176 valence electrons. The number of Topliss-reactive ketones (excluding diaryl/α,β-unsaturated/α-hetero) is 1. The minimum Gasteiger partial charge on any atom is -0.507 e. The van der Waals surface area contributed by atoms with Crippen LogP contribution in [0.3, 0.4) is 0 Å². The SMILES string of the molecule is CCCOc1ccc(C2/C(=C(\O)c3ccccc3)C(=O)C(=O)N2CCCOC)cc1OCC. The highest BCUT2D eigenvalue weighted by Crippen LogP contribution is 2.42. The number of hydrogen-bond donors (Lipinski definition) is 1. The summed E-state index contributed by atoms with van der Waals surface area (Å²) in [6.45, 7) is 5.64. The summed E-state index contributed by atoms with van der Waals surface area (Å²) in [7, 11) is 1.59. The third-order valence-electron chi connectivity index (χ3n) is 5.38. The quantitative estimate of drug-likeness (QED) is 0.236. The Bertz CT molecular complexity index is 1000. The molecule has 1 atom stereocenters. The number of aliphatic hydroxyl groups excluding tert-OH is 1. The molecule has 0 saturated carbocycles. The Morgan fingerprint density at radius 1 is 1.00 bits per heavy atom. The van der Waals surface area contributed by atoms with Crippen molar-refractivity contribution in [3.8, 4) is 11.5 Å². The van der Waals surface area contributed by atoms with E-state index in [2.05, 4.69) is 0 Å². The number of rotatable bonds is 11. The first kappa shape index (κ1) is 24.3. The zero-order valence-corrected chi connectivity index (χ0v) is 19.4. The van der Waals surface area contributed by atoms with Gasteiger partial charge in [-0.2, -0.15) is 0 Å². The molecule has 33 heavy (non-hydrogen) atoms. The number of methoxy groups -OCH3 is 1. The van der Waals surface area contributed by atoms with E-state index in [1.807, 2.05) is 26.0 Å². The third-order valence-corrected chi connectivity index (χ3v) is 5.38. The van der Waals surface area contributed by atoms with Crippen molar-refractivity contribution in [1.29, 1.82) is 0 Å². The molecule has 0 bridgehead atoms. The Labute approximate surface area is 194 Å². The van der Waals surface area contributed by atoms with Gasteiger partial charge in [0.1, 0.15) is 5.76 Å². The van der Waals surface area contributed by atoms with E-state index in [0.29, 0.717) is 55.4 Å². The highest BCUT2D eigenvalue weighted by molar-refractivity contribution is 6.46. The molecule has 0 radical (unpaired) electrons. The van der Waals surface area contributed by atoms with Gasteiger partial charge >= 0.3 is 0 Å². The van der Waals surface area contributed by atoms with E-state index in [0.717, 1.165) is 6.42 Å². The summed E-state index contributed by atoms with van der Waals surface area (Å²) in [6.07, 6.45) is 1.41. The first-order valence-electron chi connectivity index (χ1n) is 11.3. The zero-order valence-electron chi connectivity index (χ0n) is 19.4. The van der Waals surface area contributed by atoms with E-state index < -0.39 is 17.7 Å². The lowest BCUT2D eigenvalue weighted by atomic mass is 9.95. The fourth-order valence-electron chi connectivity index (χ4n) is 3.88. The van der Waals surface area contributed by atoms with Crippen LogP contribution in [-0.2, 0) is 14.3 Å². The van der Waals surface area contributed by atoms with Crippen molar-refractivity contribution in [3.05, 3.63) is 65.2 Å². The molecule has 3 rings (SSSR count). The molecule has 1 amide bonds. The van der Waals surface area contributed by atoms with Gasteiger partial charge < -0.3 is 24.2 Å². The van der Waals surface area contributed by atoms with E-state index in [-0.39, 0.29) is 11.3 Å². The van der Waals surface area contributed by atoms with E-state index in [1.54, 1.807) is 43.5 Å². The average molecular weight is 454 g/mol. The molecule has 1 heterocycles. The second-order valence-electron chi connectivity index (χ2n) is 7.69. The molecule has 1 aliphatic heterocycles. The summed E-state index contributed by atoms with van der Waals surface area (Å²) in [5, 5.41) is 11.1. The summed E-state index contributed by atoms with van der Waals surface area (Å²) in [6, 6.07) is 13.4. The fraction of sp³-hybridized carbons (Fsp3) is 0.385. The highest BCUT2D eigenvalue weighted by Gasteiger charge is 2.46. The van der Waals surface area contributed by atoms with Crippen LogP contribution >= 0.6 is 0 Å². The lowest BCUT2D eigenvalue weighted by molar-refractivity contribution is -0.140. The average Bonchev–Trinajstić information content (AvgIpc) is 3.08. The molecule has 0 aliphatic carbocycles. The number of ketones is 1. The van der Waals surface area contributed by atoms with Crippen LogP contribution < -0.4 is 9.47 Å². The molecule has 2 aromatic rings. The molecule has 7 heteroatoms. The Hall–Kier alpha value is -3.32. The van der Waals surface area contributed by atoms with E-state index >= 15 is 0 Å². The molecule has 2 aromatic carbocycles. The Balaban J connectivity index is 2.12. The van der Waals surface area contributed by atoms with Gasteiger partial charge in [-0.05, 0) is 37.5 Å². The van der Waals surface area contributed by atoms with Crippen molar-refractivity contribution >= 4 is 17.4 Å². The van der Waals surface area contributed by atoms with E-state index in [4.69, 9.17) is 14.2 Å². The van der Waals surface area contributed by atoms with Crippen molar-refractivity contribution in [3.63, 3.8) is 0 Å². The van der Waals surface area contributed by atoms with Crippen molar-refractivity contribution in [2.75, 3.05) is 33.5 Å². The van der Waals surface area contributed by atoms with Gasteiger partial charge in [0.15, 0.2) is 11.5 Å². The van der Waals surface area contributed by atoms with Crippen molar-refractivity contribution in [2.24, 2.45) is 0 Å². The Morgan fingerprint density at radius 3 is 2.42 bits per heavy atom. The van der Waals surface area contributed by atoms with Crippen molar-refractivity contribution < 1.29 is 28.9 Å². The molecule has 1 N–H and O–H groups in total. The highest BCUT2D eigenvalue weighted by atomic mass is 16.5. The normalized spacial score (nSPS) is 17.4. The number of amides is 1. The fourth-order valence-corrected chi connectivity index (χ4v) is 3.88. The minimum absolute atomic E-state index is 0.0632. The van der Waals surface area contributed by atoms with Gasteiger partial charge in [-0.1, -0.05) is 43.3 Å². The van der Waals surface area contributed by atoms with Crippen LogP contribution in [0.5, 0.6) is 11.5 Å². The van der Waals surface area contributed by atoms with Crippen LogP contribution in [0.2, 0.25) is 0 Å². The summed E-state index contributed by atoms with van der Waals surface area (Å²) >= 11 is 0. The van der Waals surface area contributed by atoms with Gasteiger partial charge in [-0.3, -0.25) is 9.59 Å². The minimum atomic E-state index is -0.749. The summed E-state index contributed by atoms with van der Waals surface area (Å²) in [5.41, 5.74) is 1.20. The number of nitrogens with zero attached hydrogens (tertiary/aromatic N) is 1. The number of carbonyl (C=O) groups is 2. The lowest BCUT2D eigenvalue weighted by Gasteiger charge is -2.26. The van der Waals surface area contributed by atoms with Crippen molar-refractivity contribution in [1.82, 2.24) is 4.90 Å². The molecule has 1 saturated heterocycles. The maximum absolute atomic E-state index is 13.1. The predicted octanol–water partition coefficient (Wildman–Crippen LogP) is 4.33. The smallest absolute Gasteiger partial charge is 0.295 e. The number of carbonyl (C=O) groups excluding carboxylic acids is 2. The Kier molecular flexibility index (Phi) is 8.49. The van der Waals surface area contributed by atoms with E-state index in [1.165, 1.54) is 4.90 Å². The molecule has 0 aromatic heterocycles. The van der Waals surface area contributed by atoms with Crippen LogP contribution in [0.15, 0.2) is 54.1 Å². The first-order chi connectivity index (χ1) is 16.0. The predicted molar refractivity (Wildman–Crippen MR) is 125 cm³/mol. The number of likely N-dealkylation sites (tertiary alicyclic amines) is 1. The van der Waals surface area contributed by atoms with E-state index in [9.17, 15) is 14.7 Å². The standard InChI is InChI=1S/C26H31NO6/c1-4-15-33-20-13-12-19(17-21(20)32-5-2)23-22(24(28)18-10-7-6-8-11-18)25(29)26(30)27(23)14-9-16-31-3/h6-8,10-13,17,23,28H,4-5,9,14-16H2,1-3H3/b24-22+. The number of benzene rings is 2. The summed E-state index contributed by atoms with van der Waals surface area (Å²) in [5.74, 6) is -0.411. The topological polar surface area (TPSA) is 85.3 Å². The van der Waals surface area contributed by atoms with Crippen LogP contribution in [-0.4, -0.2) is 55.2 Å².